The fraction of sp³-hybridized carbons (Fsp3) is 0.333. The lowest BCUT2D eigenvalue weighted by atomic mass is 10.2. The van der Waals surface area contributed by atoms with E-state index in [0.29, 0.717) is 34.0 Å². The number of thioether (sulfide) groups is 1. The molecule has 6 nitrogen and oxygen atoms in total. The molecule has 2 aromatic heterocycles. The lowest BCUT2D eigenvalue weighted by Crippen LogP contribution is -1.88. The van der Waals surface area contributed by atoms with Crippen LogP contribution in [0.25, 0.3) is 11.4 Å². The number of benzene rings is 1. The van der Waals surface area contributed by atoms with E-state index in [1.54, 1.807) is 18.2 Å². The first-order chi connectivity index (χ1) is 11.3. The fourth-order valence-corrected chi connectivity index (χ4v) is 2.63. The van der Waals surface area contributed by atoms with Crippen molar-refractivity contribution in [3.8, 4) is 11.4 Å². The summed E-state index contributed by atoms with van der Waals surface area (Å²) in [4.78, 5) is 8.60. The Hall–Kier alpha value is -2.22. The van der Waals surface area contributed by atoms with Crippen LogP contribution in [0.3, 0.4) is 0 Å². The van der Waals surface area contributed by atoms with Crippen molar-refractivity contribution >= 4 is 11.8 Å². The van der Waals surface area contributed by atoms with Crippen LogP contribution in [0.4, 0.5) is 4.39 Å². The molecule has 0 unspecified atom stereocenters. The molecule has 0 bridgehead atoms. The van der Waals surface area contributed by atoms with Crippen molar-refractivity contribution in [3.63, 3.8) is 0 Å². The SMILES string of the molecule is CCCCc1nc(CSc2n[nH]c(-c3ccccc3F)n2)no1. The van der Waals surface area contributed by atoms with E-state index in [1.165, 1.54) is 17.8 Å². The summed E-state index contributed by atoms with van der Waals surface area (Å²) in [6.07, 6.45) is 2.91. The number of aromatic nitrogens is 5. The fourth-order valence-electron chi connectivity index (χ4n) is 1.99. The summed E-state index contributed by atoms with van der Waals surface area (Å²) < 4.78 is 18.9. The van der Waals surface area contributed by atoms with Crippen molar-refractivity contribution in [1.82, 2.24) is 25.3 Å². The first-order valence-electron chi connectivity index (χ1n) is 7.38. The van der Waals surface area contributed by atoms with Gasteiger partial charge in [-0.05, 0) is 18.6 Å². The molecule has 0 aliphatic rings. The number of nitrogens with one attached hydrogen (secondary N) is 1. The Morgan fingerprint density at radius 1 is 1.26 bits per heavy atom. The third-order valence-corrected chi connectivity index (χ3v) is 4.02. The van der Waals surface area contributed by atoms with Gasteiger partial charge in [0.1, 0.15) is 5.82 Å². The second-order valence-corrected chi connectivity index (χ2v) is 5.89. The van der Waals surface area contributed by atoms with E-state index in [-0.39, 0.29) is 5.82 Å². The average molecular weight is 333 g/mol. The van der Waals surface area contributed by atoms with Crippen LogP contribution in [0.2, 0.25) is 0 Å². The average Bonchev–Trinajstić information content (AvgIpc) is 3.21. The van der Waals surface area contributed by atoms with Crippen LogP contribution in [-0.2, 0) is 12.2 Å². The Morgan fingerprint density at radius 3 is 2.96 bits per heavy atom. The summed E-state index contributed by atoms with van der Waals surface area (Å²) in [5.41, 5.74) is 0.397. The predicted molar refractivity (Wildman–Crippen MR) is 84.2 cm³/mol. The number of aryl methyl sites for hydroxylation is 1. The number of halogens is 1. The van der Waals surface area contributed by atoms with E-state index in [9.17, 15) is 4.39 Å². The van der Waals surface area contributed by atoms with Gasteiger partial charge in [-0.2, -0.15) is 4.98 Å². The number of unbranched alkanes of at least 4 members (excludes halogenated alkanes) is 1. The molecule has 0 radical (unpaired) electrons. The summed E-state index contributed by atoms with van der Waals surface area (Å²) in [5.74, 6) is 1.84. The standard InChI is InChI=1S/C15H16FN5OS/c1-2-3-8-13-17-12(21-22-13)9-23-15-18-14(19-20-15)10-6-4-5-7-11(10)16/h4-7H,2-3,8-9H2,1H3,(H,18,19,20). The van der Waals surface area contributed by atoms with E-state index in [0.717, 1.165) is 19.3 Å². The van der Waals surface area contributed by atoms with E-state index >= 15 is 0 Å². The summed E-state index contributed by atoms with van der Waals surface area (Å²) >= 11 is 1.37. The van der Waals surface area contributed by atoms with Gasteiger partial charge in [0.2, 0.25) is 11.0 Å². The van der Waals surface area contributed by atoms with Gasteiger partial charge in [-0.15, -0.1) is 5.10 Å². The van der Waals surface area contributed by atoms with Gasteiger partial charge in [0.25, 0.3) is 0 Å². The second-order valence-electron chi connectivity index (χ2n) is 4.94. The quantitative estimate of drug-likeness (QED) is 0.665. The lowest BCUT2D eigenvalue weighted by Gasteiger charge is -1.96. The van der Waals surface area contributed by atoms with E-state index < -0.39 is 0 Å². The molecule has 0 saturated heterocycles. The first-order valence-corrected chi connectivity index (χ1v) is 8.36. The summed E-state index contributed by atoms with van der Waals surface area (Å²) in [7, 11) is 0. The number of rotatable bonds is 7. The van der Waals surface area contributed by atoms with E-state index in [1.807, 2.05) is 0 Å². The van der Waals surface area contributed by atoms with Crippen molar-refractivity contribution in [2.45, 2.75) is 37.1 Å². The Morgan fingerprint density at radius 2 is 2.13 bits per heavy atom. The number of H-pyrrole nitrogens is 1. The van der Waals surface area contributed by atoms with Crippen LogP contribution in [0.1, 0.15) is 31.5 Å². The molecule has 8 heteroatoms. The molecule has 0 amide bonds. The first kappa shape index (κ1) is 15.7. The summed E-state index contributed by atoms with van der Waals surface area (Å²) in [6.45, 7) is 2.11. The highest BCUT2D eigenvalue weighted by atomic mass is 32.2. The molecule has 0 aliphatic heterocycles. The van der Waals surface area contributed by atoms with Crippen LogP contribution in [0.5, 0.6) is 0 Å². The molecular weight excluding hydrogens is 317 g/mol. The van der Waals surface area contributed by atoms with Gasteiger partial charge in [-0.3, -0.25) is 5.10 Å². The minimum Gasteiger partial charge on any atom is -0.339 e. The van der Waals surface area contributed by atoms with Gasteiger partial charge in [0, 0.05) is 6.42 Å². The molecule has 0 aliphatic carbocycles. The number of hydrogen-bond donors (Lipinski definition) is 1. The molecule has 1 aromatic carbocycles. The summed E-state index contributed by atoms with van der Waals surface area (Å²) in [6, 6.07) is 6.44. The third kappa shape index (κ3) is 3.95. The largest absolute Gasteiger partial charge is 0.339 e. The molecule has 3 aromatic rings. The molecular formula is C15H16FN5OS. The zero-order chi connectivity index (χ0) is 16.1. The van der Waals surface area contributed by atoms with Gasteiger partial charge >= 0.3 is 0 Å². The Kier molecular flexibility index (Phi) is 5.02. The highest BCUT2D eigenvalue weighted by Gasteiger charge is 2.12. The van der Waals surface area contributed by atoms with Crippen LogP contribution in [0.15, 0.2) is 33.9 Å². The smallest absolute Gasteiger partial charge is 0.226 e. The number of nitrogens with zero attached hydrogens (tertiary/aromatic N) is 4. The molecule has 2 heterocycles. The molecule has 1 N–H and O–H groups in total. The van der Waals surface area contributed by atoms with Crippen molar-refractivity contribution in [2.24, 2.45) is 0 Å². The Balaban J connectivity index is 1.61. The predicted octanol–water partition coefficient (Wildman–Crippen LogP) is 3.63. The minimum atomic E-state index is -0.334. The molecule has 0 spiro atoms. The molecule has 0 saturated carbocycles. The molecule has 23 heavy (non-hydrogen) atoms. The minimum absolute atomic E-state index is 0.334. The third-order valence-electron chi connectivity index (χ3n) is 3.18. The highest BCUT2D eigenvalue weighted by molar-refractivity contribution is 7.98. The van der Waals surface area contributed by atoms with Crippen molar-refractivity contribution in [2.75, 3.05) is 0 Å². The zero-order valence-corrected chi connectivity index (χ0v) is 13.4. The summed E-state index contributed by atoms with van der Waals surface area (Å²) in [5, 5.41) is 11.3. The molecule has 0 atom stereocenters. The van der Waals surface area contributed by atoms with Gasteiger partial charge < -0.3 is 4.52 Å². The van der Waals surface area contributed by atoms with Gasteiger partial charge in [0.05, 0.1) is 11.3 Å². The molecule has 120 valence electrons. The van der Waals surface area contributed by atoms with Crippen molar-refractivity contribution in [1.29, 1.82) is 0 Å². The van der Waals surface area contributed by atoms with Gasteiger partial charge in [-0.25, -0.2) is 9.37 Å². The highest BCUT2D eigenvalue weighted by Crippen LogP contribution is 2.23. The number of hydrogen-bond acceptors (Lipinski definition) is 6. The molecule has 0 fully saturated rings. The van der Waals surface area contributed by atoms with Gasteiger partial charge in [0.15, 0.2) is 11.6 Å². The Bertz CT molecular complexity index is 773. The van der Waals surface area contributed by atoms with Crippen LogP contribution < -0.4 is 0 Å². The van der Waals surface area contributed by atoms with Crippen LogP contribution in [-0.4, -0.2) is 25.3 Å². The van der Waals surface area contributed by atoms with Gasteiger partial charge in [-0.1, -0.05) is 42.4 Å². The van der Waals surface area contributed by atoms with E-state index in [2.05, 4.69) is 32.2 Å². The van der Waals surface area contributed by atoms with Crippen molar-refractivity contribution in [3.05, 3.63) is 41.8 Å². The normalized spacial score (nSPS) is 11.0. The van der Waals surface area contributed by atoms with E-state index in [4.69, 9.17) is 4.52 Å². The monoisotopic (exact) mass is 333 g/mol. The second kappa shape index (κ2) is 7.36. The maximum absolute atomic E-state index is 13.7. The van der Waals surface area contributed by atoms with Crippen LogP contribution in [0, 0.1) is 5.82 Å². The molecule has 3 rings (SSSR count). The zero-order valence-electron chi connectivity index (χ0n) is 12.6. The maximum atomic E-state index is 13.7. The van der Waals surface area contributed by atoms with Crippen LogP contribution >= 0.6 is 11.8 Å². The number of aromatic amines is 1. The van der Waals surface area contributed by atoms with Crippen molar-refractivity contribution < 1.29 is 8.91 Å². The topological polar surface area (TPSA) is 80.5 Å². The Labute approximate surface area is 136 Å². The maximum Gasteiger partial charge on any atom is 0.226 e. The lowest BCUT2D eigenvalue weighted by molar-refractivity contribution is 0.371.